The maximum absolute atomic E-state index is 0. The Morgan fingerprint density at radius 3 is 0.750 bits per heavy atom. The van der Waals surface area contributed by atoms with Crippen molar-refractivity contribution in [1.29, 1.82) is 0 Å². The number of rotatable bonds is 0. The molecular formula is HgI2Tl. The van der Waals surface area contributed by atoms with Crippen LogP contribution in [-0.2, 0) is 27.7 Å². The van der Waals surface area contributed by atoms with Crippen LogP contribution in [0.2, 0.25) is 0 Å². The van der Waals surface area contributed by atoms with Crippen LogP contribution in [0.15, 0.2) is 0 Å². The Hall–Kier alpha value is 3.32. The van der Waals surface area contributed by atoms with Gasteiger partial charge in [-0.2, -0.15) is 0 Å². The molecule has 0 fully saturated rings. The van der Waals surface area contributed by atoms with Crippen molar-refractivity contribution < 1.29 is 75.6 Å². The molecule has 0 aromatic heterocycles. The van der Waals surface area contributed by atoms with E-state index in [-0.39, 0.29) is 103 Å². The third-order valence-corrected chi connectivity index (χ3v) is 0. The maximum Gasteiger partial charge on any atom is 1.00 e. The first-order valence-electron chi connectivity index (χ1n) is 0. The van der Waals surface area contributed by atoms with Gasteiger partial charge in [0.25, 0.3) is 0 Å². The number of halogens is 2. The van der Waals surface area contributed by atoms with Crippen molar-refractivity contribution in [3.63, 3.8) is 0 Å². The van der Waals surface area contributed by atoms with Gasteiger partial charge in [0, 0.05) is 0 Å². The van der Waals surface area contributed by atoms with Crippen molar-refractivity contribution in [3.05, 3.63) is 0 Å². The molecule has 0 saturated carbocycles. The average molecular weight is 659 g/mol. The first kappa shape index (κ1) is 26.5. The van der Waals surface area contributed by atoms with Crippen LogP contribution < -0.4 is 48.0 Å². The van der Waals surface area contributed by atoms with Gasteiger partial charge in [-0.05, 0) is 0 Å². The smallest absolute Gasteiger partial charge is 1.00 e. The minimum Gasteiger partial charge on any atom is -1.00 e. The summed E-state index contributed by atoms with van der Waals surface area (Å²) in [6.45, 7) is 0. The average Bonchev–Trinajstić information content (AvgIpc) is 0. The van der Waals surface area contributed by atoms with E-state index >= 15 is 0 Å². The quantitative estimate of drug-likeness (QED) is 0.180. The fourth-order valence-corrected chi connectivity index (χ4v) is 0. The van der Waals surface area contributed by atoms with Crippen LogP contribution in [0, 0.1) is 0 Å². The van der Waals surface area contributed by atoms with Gasteiger partial charge in [-0.3, -0.25) is 0 Å². The van der Waals surface area contributed by atoms with Crippen LogP contribution >= 0.6 is 0 Å². The summed E-state index contributed by atoms with van der Waals surface area (Å²) in [4.78, 5) is 0. The molecule has 0 aliphatic carbocycles. The molecule has 0 aromatic rings. The van der Waals surface area contributed by atoms with E-state index in [1.165, 1.54) is 0 Å². The summed E-state index contributed by atoms with van der Waals surface area (Å²) < 4.78 is 0. The molecule has 0 saturated heterocycles. The fraction of sp³-hybridized carbons (Fsp3) is 0. The van der Waals surface area contributed by atoms with Gasteiger partial charge in [-0.1, -0.05) is 0 Å². The Morgan fingerprint density at radius 1 is 0.750 bits per heavy atom. The Bertz CT molecular complexity index is 6.00. The van der Waals surface area contributed by atoms with E-state index in [1.807, 2.05) is 0 Å². The van der Waals surface area contributed by atoms with Crippen LogP contribution in [0.25, 0.3) is 0 Å². The molecule has 0 bridgehead atoms. The van der Waals surface area contributed by atoms with Crippen molar-refractivity contribution in [2.75, 3.05) is 0 Å². The predicted molar refractivity (Wildman–Crippen MR) is 5.75 cm³/mol. The Balaban J connectivity index is 0. The van der Waals surface area contributed by atoms with Gasteiger partial charge >= 0.3 is 55.0 Å². The molecule has 4 heteroatoms. The predicted octanol–water partition coefficient (Wildman–Crippen LogP) is -6.38. The van der Waals surface area contributed by atoms with Crippen molar-refractivity contribution >= 4 is 27.3 Å². The fourth-order valence-electron chi connectivity index (χ4n) is 0. The molecule has 0 aliphatic rings. The molecule has 0 rings (SSSR count). The van der Waals surface area contributed by atoms with Gasteiger partial charge in [0.1, 0.15) is 0 Å². The molecule has 0 nitrogen and oxygen atoms in total. The van der Waals surface area contributed by atoms with Crippen LogP contribution in [-0.4, -0.2) is 27.3 Å². The zero-order valence-corrected chi connectivity index (χ0v) is 16.3. The molecule has 0 N–H and O–H groups in total. The molecule has 0 spiro atoms. The number of hydrogen-bond acceptors (Lipinski definition) is 0. The van der Waals surface area contributed by atoms with E-state index in [0.29, 0.717) is 0 Å². The van der Waals surface area contributed by atoms with E-state index in [0.717, 1.165) is 0 Å². The molecule has 0 amide bonds. The summed E-state index contributed by atoms with van der Waals surface area (Å²) in [6.07, 6.45) is 0. The molecule has 0 atom stereocenters. The molecule has 1 radical (unpaired) electrons. The molecule has 19 valence electrons. The minimum atomic E-state index is 0. The van der Waals surface area contributed by atoms with E-state index in [4.69, 9.17) is 0 Å². The summed E-state index contributed by atoms with van der Waals surface area (Å²) in [5, 5.41) is 0. The first-order valence-corrected chi connectivity index (χ1v) is 0. The zero-order chi connectivity index (χ0) is 0. The van der Waals surface area contributed by atoms with Crippen molar-refractivity contribution in [2.24, 2.45) is 0 Å². The third-order valence-electron chi connectivity index (χ3n) is 0. The van der Waals surface area contributed by atoms with Gasteiger partial charge in [0.15, 0.2) is 0 Å². The molecule has 0 aromatic carbocycles. The van der Waals surface area contributed by atoms with Crippen molar-refractivity contribution in [1.82, 2.24) is 0 Å². The van der Waals surface area contributed by atoms with E-state index in [9.17, 15) is 0 Å². The minimum absolute atomic E-state index is 0. The van der Waals surface area contributed by atoms with Crippen LogP contribution in [0.1, 0.15) is 0 Å². The summed E-state index contributed by atoms with van der Waals surface area (Å²) in [5.74, 6) is 0. The van der Waals surface area contributed by atoms with Crippen LogP contribution in [0.3, 0.4) is 0 Å². The topological polar surface area (TPSA) is 0 Å². The molecule has 0 heterocycles. The largest absolute Gasteiger partial charge is 1.00 e. The maximum atomic E-state index is 0. The summed E-state index contributed by atoms with van der Waals surface area (Å²) in [7, 11) is 0. The van der Waals surface area contributed by atoms with Gasteiger partial charge in [0.2, 0.25) is 0 Å². The molecule has 0 aliphatic heterocycles. The van der Waals surface area contributed by atoms with E-state index in [2.05, 4.69) is 0 Å². The normalized spacial score (nSPS) is 0. The molecular weight excluding hydrogens is 659 g/mol. The molecule has 0 unspecified atom stereocenters. The van der Waals surface area contributed by atoms with Gasteiger partial charge in [-0.15, -0.1) is 0 Å². The number of hydrogen-bond donors (Lipinski definition) is 0. The van der Waals surface area contributed by atoms with Gasteiger partial charge in [-0.25, -0.2) is 0 Å². The SMILES string of the molecule is [Hg+].[I-].[I-].[Tl+]. The Labute approximate surface area is 101 Å². The van der Waals surface area contributed by atoms with Crippen LogP contribution in [0.5, 0.6) is 0 Å². The third kappa shape index (κ3) is 9.01. The first-order chi connectivity index (χ1) is 0. The van der Waals surface area contributed by atoms with Gasteiger partial charge < -0.3 is 48.0 Å². The van der Waals surface area contributed by atoms with Gasteiger partial charge in [0.05, 0.1) is 0 Å². The van der Waals surface area contributed by atoms with E-state index < -0.39 is 0 Å². The zero-order valence-electron chi connectivity index (χ0n) is 2.04. The Kier molecular flexibility index (Phi) is 108. The second kappa shape index (κ2) is 16.2. The monoisotopic (exact) mass is 661 g/mol. The van der Waals surface area contributed by atoms with Crippen LogP contribution in [0.4, 0.5) is 0 Å². The van der Waals surface area contributed by atoms with E-state index in [1.54, 1.807) is 0 Å². The van der Waals surface area contributed by atoms with Crippen molar-refractivity contribution in [2.45, 2.75) is 0 Å². The standard InChI is InChI=1S/Hg.2HI.Tl/h;2*1H;/q+1;;;+1/p-2. The second-order valence-electron chi connectivity index (χ2n) is 0. The summed E-state index contributed by atoms with van der Waals surface area (Å²) in [6, 6.07) is 0. The summed E-state index contributed by atoms with van der Waals surface area (Å²) >= 11 is 0. The summed E-state index contributed by atoms with van der Waals surface area (Å²) in [5.41, 5.74) is 0. The van der Waals surface area contributed by atoms with Crippen molar-refractivity contribution in [3.8, 4) is 0 Å². The second-order valence-corrected chi connectivity index (χ2v) is 0. The Morgan fingerprint density at radius 2 is 0.750 bits per heavy atom. The molecule has 4 heavy (non-hydrogen) atoms.